The molecule has 0 aliphatic heterocycles. The Hall–Kier alpha value is -1.11. The summed E-state index contributed by atoms with van der Waals surface area (Å²) in [6, 6.07) is 3.00. The zero-order valence-electron chi connectivity index (χ0n) is 8.01. The summed E-state index contributed by atoms with van der Waals surface area (Å²) in [5.74, 6) is -0.579. The number of aromatic nitrogens is 1. The molecule has 7 heteroatoms. The third-order valence-electron chi connectivity index (χ3n) is 1.70. The number of halogens is 4. The molecule has 16 heavy (non-hydrogen) atoms. The monoisotopic (exact) mass is 296 g/mol. The lowest BCUT2D eigenvalue weighted by molar-refractivity contribution is -0.132. The molecule has 0 fully saturated rings. The Morgan fingerprint density at radius 1 is 1.50 bits per heavy atom. The molecule has 0 unspecified atom stereocenters. The Morgan fingerprint density at radius 2 is 2.19 bits per heavy atom. The molecule has 1 aromatic heterocycles. The van der Waals surface area contributed by atoms with E-state index in [1.165, 1.54) is 18.3 Å². The Bertz CT molecular complexity index is 381. The molecule has 1 heterocycles. The number of rotatable bonds is 3. The van der Waals surface area contributed by atoms with Crippen molar-refractivity contribution in [1.29, 1.82) is 0 Å². The van der Waals surface area contributed by atoms with Crippen molar-refractivity contribution in [3.63, 3.8) is 0 Å². The minimum absolute atomic E-state index is 0.213. The highest BCUT2D eigenvalue weighted by Gasteiger charge is 2.26. The minimum Gasteiger partial charge on any atom is -0.352 e. The fraction of sp³-hybridized carbons (Fsp3) is 0.333. The second-order valence-corrected chi connectivity index (χ2v) is 3.71. The Balaban J connectivity index is 2.51. The average Bonchev–Trinajstić information content (AvgIpc) is 2.16. The van der Waals surface area contributed by atoms with Crippen LogP contribution >= 0.6 is 15.9 Å². The number of nitrogens with zero attached hydrogens (tertiary/aromatic N) is 1. The van der Waals surface area contributed by atoms with Gasteiger partial charge in [0.15, 0.2) is 0 Å². The van der Waals surface area contributed by atoms with Crippen LogP contribution < -0.4 is 5.32 Å². The van der Waals surface area contributed by atoms with Gasteiger partial charge in [-0.3, -0.25) is 4.79 Å². The van der Waals surface area contributed by atoms with Gasteiger partial charge in [-0.05, 0) is 28.1 Å². The van der Waals surface area contributed by atoms with Gasteiger partial charge in [-0.25, -0.2) is 4.98 Å². The van der Waals surface area contributed by atoms with Crippen LogP contribution in [0, 0.1) is 0 Å². The number of carbonyl (C=O) groups is 1. The first-order valence-corrected chi connectivity index (χ1v) is 5.15. The molecular weight excluding hydrogens is 289 g/mol. The molecule has 88 valence electrons. The summed E-state index contributed by atoms with van der Waals surface area (Å²) in [5.41, 5.74) is 0.213. The van der Waals surface area contributed by atoms with E-state index in [1.54, 1.807) is 0 Å². The highest BCUT2D eigenvalue weighted by molar-refractivity contribution is 9.10. The maximum atomic E-state index is 11.8. The summed E-state index contributed by atoms with van der Waals surface area (Å²) < 4.78 is 35.7. The van der Waals surface area contributed by atoms with Crippen molar-refractivity contribution < 1.29 is 18.0 Å². The molecule has 0 saturated heterocycles. The van der Waals surface area contributed by atoms with Crippen LogP contribution in [0.2, 0.25) is 0 Å². The maximum Gasteiger partial charge on any atom is 0.390 e. The smallest absolute Gasteiger partial charge is 0.352 e. The Morgan fingerprint density at radius 3 is 2.75 bits per heavy atom. The Kier molecular flexibility index (Phi) is 4.28. The molecule has 0 spiro atoms. The first kappa shape index (κ1) is 13.0. The summed E-state index contributed by atoms with van der Waals surface area (Å²) in [5, 5.41) is 2.17. The normalized spacial score (nSPS) is 11.2. The first-order chi connectivity index (χ1) is 7.40. The largest absolute Gasteiger partial charge is 0.390 e. The number of alkyl halides is 3. The van der Waals surface area contributed by atoms with Crippen molar-refractivity contribution >= 4 is 21.8 Å². The van der Waals surface area contributed by atoms with Gasteiger partial charge in [0.25, 0.3) is 5.91 Å². The topological polar surface area (TPSA) is 42.0 Å². The highest BCUT2D eigenvalue weighted by Crippen LogP contribution is 2.18. The van der Waals surface area contributed by atoms with Crippen molar-refractivity contribution in [2.24, 2.45) is 0 Å². The predicted octanol–water partition coefficient (Wildman–Crippen LogP) is 2.53. The van der Waals surface area contributed by atoms with Crippen molar-refractivity contribution in [2.45, 2.75) is 12.6 Å². The fourth-order valence-electron chi connectivity index (χ4n) is 0.968. The summed E-state index contributed by atoms with van der Waals surface area (Å²) in [4.78, 5) is 15.2. The van der Waals surface area contributed by atoms with Crippen LogP contribution in [0.25, 0.3) is 0 Å². The van der Waals surface area contributed by atoms with Crippen molar-refractivity contribution in [2.75, 3.05) is 6.54 Å². The number of nitrogens with one attached hydrogen (secondary N) is 1. The molecule has 0 aromatic carbocycles. The van der Waals surface area contributed by atoms with Gasteiger partial charge in [0.2, 0.25) is 0 Å². The van der Waals surface area contributed by atoms with E-state index in [-0.39, 0.29) is 5.56 Å². The van der Waals surface area contributed by atoms with E-state index >= 15 is 0 Å². The summed E-state index contributed by atoms with van der Waals surface area (Å²) >= 11 is 3.03. The zero-order valence-corrected chi connectivity index (χ0v) is 9.60. The molecule has 1 aromatic rings. The molecule has 0 radical (unpaired) electrons. The van der Waals surface area contributed by atoms with E-state index in [2.05, 4.69) is 26.2 Å². The second-order valence-electron chi connectivity index (χ2n) is 2.96. The van der Waals surface area contributed by atoms with Crippen LogP contribution in [-0.2, 0) is 0 Å². The maximum absolute atomic E-state index is 11.8. The first-order valence-electron chi connectivity index (χ1n) is 4.35. The fourth-order valence-corrected chi connectivity index (χ4v) is 1.40. The van der Waals surface area contributed by atoms with E-state index in [4.69, 9.17) is 0 Å². The van der Waals surface area contributed by atoms with E-state index in [9.17, 15) is 18.0 Å². The van der Waals surface area contributed by atoms with Gasteiger partial charge < -0.3 is 5.32 Å². The van der Waals surface area contributed by atoms with Gasteiger partial charge in [0, 0.05) is 12.7 Å². The third kappa shape index (κ3) is 4.18. The molecule has 0 saturated carbocycles. The van der Waals surface area contributed by atoms with Crippen LogP contribution in [0.15, 0.2) is 22.9 Å². The molecule has 0 aliphatic rings. The number of hydrogen-bond acceptors (Lipinski definition) is 2. The summed E-state index contributed by atoms with van der Waals surface area (Å²) in [6.45, 7) is -0.441. The van der Waals surface area contributed by atoms with Gasteiger partial charge in [0.1, 0.15) is 4.60 Å². The van der Waals surface area contributed by atoms with Crippen LogP contribution in [0.4, 0.5) is 13.2 Å². The van der Waals surface area contributed by atoms with Crippen molar-refractivity contribution in [3.8, 4) is 0 Å². The van der Waals surface area contributed by atoms with Crippen molar-refractivity contribution in [1.82, 2.24) is 10.3 Å². The van der Waals surface area contributed by atoms with Crippen LogP contribution in [0.1, 0.15) is 16.8 Å². The number of pyridine rings is 1. The third-order valence-corrected chi connectivity index (χ3v) is 2.33. The van der Waals surface area contributed by atoms with Gasteiger partial charge in [-0.2, -0.15) is 13.2 Å². The zero-order chi connectivity index (χ0) is 12.2. The lowest BCUT2D eigenvalue weighted by Crippen LogP contribution is -2.28. The molecule has 0 bridgehead atoms. The lowest BCUT2D eigenvalue weighted by atomic mass is 10.2. The van der Waals surface area contributed by atoms with Gasteiger partial charge in [-0.1, -0.05) is 0 Å². The SMILES string of the molecule is O=C(NCCC(F)(F)F)c1cccnc1Br. The molecule has 1 N–H and O–H groups in total. The number of carbonyl (C=O) groups excluding carboxylic acids is 1. The molecule has 1 rings (SSSR count). The van der Waals surface area contributed by atoms with Crippen LogP contribution in [-0.4, -0.2) is 23.6 Å². The average molecular weight is 297 g/mol. The van der Waals surface area contributed by atoms with E-state index in [0.29, 0.717) is 4.60 Å². The summed E-state index contributed by atoms with van der Waals surface area (Å²) in [7, 11) is 0. The molecule has 1 amide bonds. The van der Waals surface area contributed by atoms with E-state index < -0.39 is 25.0 Å². The second kappa shape index (κ2) is 5.29. The quantitative estimate of drug-likeness (QED) is 0.871. The van der Waals surface area contributed by atoms with E-state index in [0.717, 1.165) is 0 Å². The number of hydrogen-bond donors (Lipinski definition) is 1. The van der Waals surface area contributed by atoms with Crippen molar-refractivity contribution in [3.05, 3.63) is 28.5 Å². The van der Waals surface area contributed by atoms with Gasteiger partial charge >= 0.3 is 6.18 Å². The molecule has 0 atom stereocenters. The Labute approximate surface area is 98.2 Å². The lowest BCUT2D eigenvalue weighted by Gasteiger charge is -2.08. The standard InChI is InChI=1S/C9H8BrF3N2O/c10-7-6(2-1-4-14-7)8(16)15-5-3-9(11,12)13/h1-2,4H,3,5H2,(H,15,16). The highest BCUT2D eigenvalue weighted by atomic mass is 79.9. The summed E-state index contributed by atoms with van der Waals surface area (Å²) in [6.07, 6.45) is -3.84. The van der Waals surface area contributed by atoms with E-state index in [1.807, 2.05) is 0 Å². The number of amides is 1. The van der Waals surface area contributed by atoms with Gasteiger partial charge in [0.05, 0.1) is 12.0 Å². The molecule has 3 nitrogen and oxygen atoms in total. The van der Waals surface area contributed by atoms with Gasteiger partial charge in [-0.15, -0.1) is 0 Å². The molecule has 0 aliphatic carbocycles. The van der Waals surface area contributed by atoms with Crippen LogP contribution in [0.3, 0.4) is 0 Å². The minimum atomic E-state index is -4.26. The predicted molar refractivity (Wildman–Crippen MR) is 54.9 cm³/mol. The molecular formula is C9H8BrF3N2O. The van der Waals surface area contributed by atoms with Crippen LogP contribution in [0.5, 0.6) is 0 Å².